The number of nitro benzene ring substituents is 1. The molecule has 0 atom stereocenters. The summed E-state index contributed by atoms with van der Waals surface area (Å²) in [6.45, 7) is 0. The van der Waals surface area contributed by atoms with Crippen LogP contribution >= 0.6 is 0 Å². The number of rotatable bonds is 4. The number of carbonyl (C=O) groups is 3. The van der Waals surface area contributed by atoms with E-state index in [9.17, 15) is 24.5 Å². The summed E-state index contributed by atoms with van der Waals surface area (Å²) < 4.78 is 4.95. The highest BCUT2D eigenvalue weighted by Crippen LogP contribution is 2.28. The van der Waals surface area contributed by atoms with Crippen molar-refractivity contribution in [3.8, 4) is 5.75 Å². The van der Waals surface area contributed by atoms with E-state index < -0.39 is 22.6 Å². The number of imide groups is 1. The third kappa shape index (κ3) is 4.12. The highest BCUT2D eigenvalue weighted by Gasteiger charge is 2.21. The fourth-order valence-corrected chi connectivity index (χ4v) is 2.01. The lowest BCUT2D eigenvalue weighted by Gasteiger charge is -2.10. The Balaban J connectivity index is 2.10. The van der Waals surface area contributed by atoms with Crippen molar-refractivity contribution in [2.45, 2.75) is 0 Å². The highest BCUT2D eigenvalue weighted by atomic mass is 16.6. The van der Waals surface area contributed by atoms with Gasteiger partial charge in [-0.25, -0.2) is 0 Å². The molecule has 4 N–H and O–H groups in total. The maximum atomic E-state index is 12.0. The number of ether oxygens (including phenoxy) is 1. The van der Waals surface area contributed by atoms with Crippen molar-refractivity contribution in [1.82, 2.24) is 5.32 Å². The Morgan fingerprint density at radius 1 is 1.12 bits per heavy atom. The summed E-state index contributed by atoms with van der Waals surface area (Å²) in [5.41, 5.74) is 5.60. The van der Waals surface area contributed by atoms with Crippen molar-refractivity contribution in [3.63, 3.8) is 0 Å². The number of carbonyl (C=O) groups excluding carboxylic acids is 3. The molecule has 2 aromatic rings. The standard InChI is InChI=1S/C16H14N4O6/c1-26-13-8-9(20(24)25)6-7-12(13)18-15(22)16(23)19-14(21)10-4-2-3-5-11(10)17/h2-8H,17H2,1H3,(H,18,22)(H,19,21,23). The number of nitrogens with one attached hydrogen (secondary N) is 2. The Morgan fingerprint density at radius 3 is 2.42 bits per heavy atom. The van der Waals surface area contributed by atoms with Crippen molar-refractivity contribution >= 4 is 34.8 Å². The third-order valence-corrected chi connectivity index (χ3v) is 3.28. The van der Waals surface area contributed by atoms with Gasteiger partial charge >= 0.3 is 11.8 Å². The summed E-state index contributed by atoms with van der Waals surface area (Å²) in [7, 11) is 1.25. The van der Waals surface area contributed by atoms with Gasteiger partial charge in [0.05, 0.1) is 29.4 Å². The van der Waals surface area contributed by atoms with Crippen molar-refractivity contribution in [2.75, 3.05) is 18.2 Å². The number of nitrogens with zero attached hydrogens (tertiary/aromatic N) is 1. The minimum absolute atomic E-state index is 0.0148. The molecule has 0 aliphatic heterocycles. The van der Waals surface area contributed by atoms with Gasteiger partial charge in [0.2, 0.25) is 0 Å². The summed E-state index contributed by atoms with van der Waals surface area (Å²) in [5.74, 6) is -3.23. The molecule has 3 amide bonds. The van der Waals surface area contributed by atoms with Crippen LogP contribution in [0.25, 0.3) is 0 Å². The first-order valence-electron chi connectivity index (χ1n) is 7.17. The Labute approximate surface area is 147 Å². The summed E-state index contributed by atoms with van der Waals surface area (Å²) in [6.07, 6.45) is 0. The zero-order valence-electron chi connectivity index (χ0n) is 13.5. The zero-order chi connectivity index (χ0) is 19.3. The summed E-state index contributed by atoms with van der Waals surface area (Å²) in [6, 6.07) is 9.46. The molecule has 0 unspecified atom stereocenters. The lowest BCUT2D eigenvalue weighted by Crippen LogP contribution is -2.39. The normalized spacial score (nSPS) is 9.88. The predicted octanol–water partition coefficient (Wildman–Crippen LogP) is 1.08. The van der Waals surface area contributed by atoms with Gasteiger partial charge in [-0.2, -0.15) is 0 Å². The van der Waals surface area contributed by atoms with Crippen LogP contribution in [0.1, 0.15) is 10.4 Å². The van der Waals surface area contributed by atoms with Gasteiger partial charge in [-0.05, 0) is 18.2 Å². The first-order valence-corrected chi connectivity index (χ1v) is 7.17. The quantitative estimate of drug-likeness (QED) is 0.320. The topological polar surface area (TPSA) is 154 Å². The highest BCUT2D eigenvalue weighted by molar-refractivity contribution is 6.42. The smallest absolute Gasteiger partial charge is 0.316 e. The first-order chi connectivity index (χ1) is 12.3. The maximum Gasteiger partial charge on any atom is 0.316 e. The van der Waals surface area contributed by atoms with Gasteiger partial charge in [0.15, 0.2) is 0 Å². The van der Waals surface area contributed by atoms with Crippen LogP contribution in [0.5, 0.6) is 5.75 Å². The molecule has 2 rings (SSSR count). The Hall–Kier alpha value is -3.95. The lowest BCUT2D eigenvalue weighted by molar-refractivity contribution is -0.384. The molecule has 0 bridgehead atoms. The largest absolute Gasteiger partial charge is 0.494 e. The molecular weight excluding hydrogens is 344 g/mol. The number of anilines is 2. The minimum Gasteiger partial charge on any atom is -0.494 e. The molecule has 0 fully saturated rings. The number of hydrogen-bond acceptors (Lipinski definition) is 7. The number of nitrogens with two attached hydrogens (primary N) is 1. The molecule has 10 nitrogen and oxygen atoms in total. The average molecular weight is 358 g/mol. The number of non-ortho nitro benzene ring substituents is 1. The molecule has 134 valence electrons. The van der Waals surface area contributed by atoms with Crippen molar-refractivity contribution in [2.24, 2.45) is 0 Å². The second-order valence-corrected chi connectivity index (χ2v) is 4.97. The van der Waals surface area contributed by atoms with Crippen LogP contribution in [0.3, 0.4) is 0 Å². The van der Waals surface area contributed by atoms with E-state index in [1.807, 2.05) is 5.32 Å². The molecule has 0 spiro atoms. The minimum atomic E-state index is -1.22. The van der Waals surface area contributed by atoms with Gasteiger partial charge in [-0.1, -0.05) is 12.1 Å². The van der Waals surface area contributed by atoms with E-state index in [1.54, 1.807) is 12.1 Å². The van der Waals surface area contributed by atoms with Gasteiger partial charge < -0.3 is 15.8 Å². The average Bonchev–Trinajstić information content (AvgIpc) is 2.61. The predicted molar refractivity (Wildman–Crippen MR) is 91.6 cm³/mol. The molecule has 0 saturated carbocycles. The second-order valence-electron chi connectivity index (χ2n) is 4.97. The number of methoxy groups -OCH3 is 1. The van der Waals surface area contributed by atoms with Crippen LogP contribution < -0.4 is 21.1 Å². The van der Waals surface area contributed by atoms with Crippen LogP contribution in [0.2, 0.25) is 0 Å². The van der Waals surface area contributed by atoms with Crippen LogP contribution in [-0.4, -0.2) is 29.8 Å². The zero-order valence-corrected chi connectivity index (χ0v) is 13.5. The molecule has 0 aliphatic carbocycles. The molecular formula is C16H14N4O6. The van der Waals surface area contributed by atoms with Gasteiger partial charge in [-0.3, -0.25) is 29.8 Å². The number of para-hydroxylation sites is 1. The van der Waals surface area contributed by atoms with Crippen molar-refractivity contribution in [3.05, 3.63) is 58.1 Å². The van der Waals surface area contributed by atoms with Gasteiger partial charge in [0.25, 0.3) is 11.6 Å². The van der Waals surface area contributed by atoms with E-state index in [0.717, 1.165) is 12.1 Å². The third-order valence-electron chi connectivity index (χ3n) is 3.28. The molecule has 0 saturated heterocycles. The van der Waals surface area contributed by atoms with Gasteiger partial charge in [0.1, 0.15) is 5.75 Å². The Bertz CT molecular complexity index is 896. The Kier molecular flexibility index (Phi) is 5.48. The SMILES string of the molecule is COc1cc([N+](=O)[O-])ccc1NC(=O)C(=O)NC(=O)c1ccccc1N. The molecule has 0 heterocycles. The van der Waals surface area contributed by atoms with Crippen molar-refractivity contribution < 1.29 is 24.0 Å². The summed E-state index contributed by atoms with van der Waals surface area (Å²) >= 11 is 0. The molecule has 10 heteroatoms. The van der Waals surface area contributed by atoms with E-state index in [0.29, 0.717) is 0 Å². The number of hydrogen-bond donors (Lipinski definition) is 3. The number of nitrogen functional groups attached to an aromatic ring is 1. The number of amides is 3. The van der Waals surface area contributed by atoms with Gasteiger partial charge in [0, 0.05) is 11.8 Å². The fourth-order valence-electron chi connectivity index (χ4n) is 2.01. The molecule has 0 aromatic heterocycles. The molecule has 0 radical (unpaired) electrons. The van der Waals surface area contributed by atoms with Crippen LogP contribution in [-0.2, 0) is 9.59 Å². The van der Waals surface area contributed by atoms with Crippen LogP contribution in [0.4, 0.5) is 17.1 Å². The first kappa shape index (κ1) is 18.4. The summed E-state index contributed by atoms with van der Waals surface area (Å²) in [5, 5.41) is 14.9. The lowest BCUT2D eigenvalue weighted by atomic mass is 10.1. The van der Waals surface area contributed by atoms with Crippen molar-refractivity contribution in [1.29, 1.82) is 0 Å². The summed E-state index contributed by atoms with van der Waals surface area (Å²) in [4.78, 5) is 45.9. The van der Waals surface area contributed by atoms with Gasteiger partial charge in [-0.15, -0.1) is 0 Å². The van der Waals surface area contributed by atoms with E-state index in [-0.39, 0.29) is 28.4 Å². The molecule has 2 aromatic carbocycles. The molecule has 26 heavy (non-hydrogen) atoms. The number of nitro groups is 1. The van der Waals surface area contributed by atoms with E-state index in [4.69, 9.17) is 10.5 Å². The fraction of sp³-hybridized carbons (Fsp3) is 0.0625. The number of benzene rings is 2. The monoisotopic (exact) mass is 358 g/mol. The van der Waals surface area contributed by atoms with E-state index in [1.165, 1.54) is 25.3 Å². The van der Waals surface area contributed by atoms with E-state index >= 15 is 0 Å². The second kappa shape index (κ2) is 7.75. The maximum absolute atomic E-state index is 12.0. The van der Waals surface area contributed by atoms with Crippen LogP contribution in [0, 0.1) is 10.1 Å². The Morgan fingerprint density at radius 2 is 1.81 bits per heavy atom. The molecule has 0 aliphatic rings. The van der Waals surface area contributed by atoms with E-state index in [2.05, 4.69) is 5.32 Å². The van der Waals surface area contributed by atoms with Crippen LogP contribution in [0.15, 0.2) is 42.5 Å².